The Morgan fingerprint density at radius 1 is 0.517 bits per heavy atom. The van der Waals surface area contributed by atoms with Crippen molar-refractivity contribution in [2.24, 2.45) is 69.5 Å². The van der Waals surface area contributed by atoms with E-state index in [9.17, 15) is 99.1 Å². The maximum Gasteiger partial charge on any atom is 0.426 e. The Hall–Kier alpha value is -2.13. The number of Topliss-reactive ketones (excluding diaryl/α,β-unsaturated/α-hetero) is 1. The molecule has 6 aliphatic rings. The van der Waals surface area contributed by atoms with Gasteiger partial charge in [0.05, 0.1) is 12.7 Å². The van der Waals surface area contributed by atoms with Crippen molar-refractivity contribution in [1.82, 2.24) is 0 Å². The first-order chi connectivity index (χ1) is 39.4. The number of rotatable bonds is 22. The summed E-state index contributed by atoms with van der Waals surface area (Å²) in [7, 11) is 1.96. The van der Waals surface area contributed by atoms with Gasteiger partial charge in [0.1, 0.15) is 19.4 Å². The van der Waals surface area contributed by atoms with Gasteiger partial charge in [0.25, 0.3) is 16.8 Å². The van der Waals surface area contributed by atoms with E-state index in [0.717, 1.165) is 104 Å². The van der Waals surface area contributed by atoms with Crippen LogP contribution in [0.1, 0.15) is 203 Å². The lowest BCUT2D eigenvalue weighted by molar-refractivity contribution is -0.394. The molecule has 13 atom stereocenters. The van der Waals surface area contributed by atoms with Crippen LogP contribution in [0, 0.1) is 69.5 Å². The Labute approximate surface area is 501 Å². The van der Waals surface area contributed by atoms with Crippen molar-refractivity contribution in [1.29, 1.82) is 0 Å². The van der Waals surface area contributed by atoms with Crippen LogP contribution in [0.15, 0.2) is 11.6 Å². The second kappa shape index (κ2) is 30.3. The third kappa shape index (κ3) is 17.0. The van der Waals surface area contributed by atoms with E-state index in [0.29, 0.717) is 12.3 Å². The van der Waals surface area contributed by atoms with Gasteiger partial charge in [-0.05, 0) is 186 Å². The zero-order valence-electron chi connectivity index (χ0n) is 50.6. The molecule has 0 heterocycles. The molecule has 3 N–H and O–H groups in total. The van der Waals surface area contributed by atoms with Crippen molar-refractivity contribution in [3.63, 3.8) is 0 Å². The van der Waals surface area contributed by atoms with Gasteiger partial charge in [0.2, 0.25) is 0 Å². The summed E-state index contributed by atoms with van der Waals surface area (Å²) in [4.78, 5) is 12.2. The van der Waals surface area contributed by atoms with E-state index in [2.05, 4.69) is 39.7 Å². The summed E-state index contributed by atoms with van der Waals surface area (Å²) < 4.78 is 255. The van der Waals surface area contributed by atoms with E-state index in [-0.39, 0.29) is 128 Å². The van der Waals surface area contributed by atoms with E-state index < -0.39 is 86.7 Å². The first-order valence-electron chi connectivity index (χ1n) is 30.3. The number of carbonyl (C=O) groups excluding carboxylic acids is 1. The monoisotopic (exact) mass is 1300 g/mol. The van der Waals surface area contributed by atoms with E-state index in [1.165, 1.54) is 5.57 Å². The minimum absolute atomic E-state index is 0. The summed E-state index contributed by atoms with van der Waals surface area (Å²) >= 11 is 0. The average Bonchev–Trinajstić information content (AvgIpc) is 1.92. The van der Waals surface area contributed by atoms with Crippen LogP contribution in [0.3, 0.4) is 0 Å². The van der Waals surface area contributed by atoms with E-state index >= 15 is 0 Å². The molecule has 0 radical (unpaired) electrons. The number of methoxy groups -OCH3 is 2. The molecule has 0 amide bonds. The molecule has 514 valence electrons. The molecule has 6 rings (SSSR count). The fraction of sp³-hybridized carbons (Fsp3) is 0.951. The van der Waals surface area contributed by atoms with Gasteiger partial charge in [-0.1, -0.05) is 86.3 Å². The first-order valence-corrected chi connectivity index (χ1v) is 30.3. The Balaban J connectivity index is 0.000000341. The van der Waals surface area contributed by atoms with Gasteiger partial charge in [-0.3, -0.25) is 4.79 Å². The smallest absolute Gasteiger partial charge is 0.393 e. The minimum atomic E-state index is -5.74. The highest BCUT2D eigenvalue weighted by Gasteiger charge is 2.74. The molecule has 8 nitrogen and oxygen atoms in total. The molecule has 6 aliphatic carbocycles. The fourth-order valence-corrected chi connectivity index (χ4v) is 17.2. The molecule has 0 unspecified atom stereocenters. The Morgan fingerprint density at radius 3 is 1.29 bits per heavy atom. The van der Waals surface area contributed by atoms with Crippen LogP contribution in [0.5, 0.6) is 0 Å². The quantitative estimate of drug-likeness (QED) is 0.0558. The van der Waals surface area contributed by atoms with Crippen LogP contribution >= 0.6 is 0 Å². The molecule has 0 aliphatic heterocycles. The molecule has 6 saturated carbocycles. The van der Waals surface area contributed by atoms with Gasteiger partial charge in [0, 0.05) is 26.6 Å². The lowest BCUT2D eigenvalue weighted by Crippen LogP contribution is -2.59. The third-order valence-corrected chi connectivity index (χ3v) is 21.7. The number of ether oxygens (including phenoxy) is 4. The normalized spacial score (nSPS) is 30.9. The highest BCUT2D eigenvalue weighted by molar-refractivity contribution is 5.83. The highest BCUT2D eigenvalue weighted by atomic mass is 19.4. The zero-order valence-corrected chi connectivity index (χ0v) is 50.6. The molecule has 0 aromatic carbocycles. The number of aliphatic hydroxyl groups is 3. The summed E-state index contributed by atoms with van der Waals surface area (Å²) in [6.07, 6.45) is -23.6. The van der Waals surface area contributed by atoms with Crippen molar-refractivity contribution in [3.8, 4) is 0 Å². The molecule has 0 aromatic heterocycles. The summed E-state index contributed by atoms with van der Waals surface area (Å²) in [5.41, 5.74) is -12.2. The van der Waals surface area contributed by atoms with Crippen LogP contribution in [0.2, 0.25) is 0 Å². The Bertz CT molecular complexity index is 2100. The van der Waals surface area contributed by atoms with Gasteiger partial charge in [0.15, 0.2) is 0 Å². The Kier molecular flexibility index (Phi) is 27.6. The number of ketones is 1. The number of hydrogen-bond acceptors (Lipinski definition) is 8. The van der Waals surface area contributed by atoms with E-state index in [1.54, 1.807) is 0 Å². The average molecular weight is 1300 g/mol. The van der Waals surface area contributed by atoms with Crippen LogP contribution in [0.4, 0.5) is 79.0 Å². The van der Waals surface area contributed by atoms with Crippen molar-refractivity contribution in [2.45, 2.75) is 263 Å². The summed E-state index contributed by atoms with van der Waals surface area (Å²) in [6, 6.07) is 0. The van der Waals surface area contributed by atoms with Crippen LogP contribution in [-0.4, -0.2) is 115 Å². The molecular formula is C61H96F18O8. The molecule has 0 saturated heterocycles. The SMILES string of the molecule is C.COCOC(CCC[C@@H](C)[C@H]1CC[C@H]2/C(=C/CO)CCC[C@]12C)(C(F)(F)F)C(F)(F)F.COCOC(CCC[C@@H](C)[C@H]1CC[C@H]2C(=O)CCC[C@]12C)(C(F)(F)F)C(F)(F)F.C[C@H](CCCC(O)(C(F)(F)F)C(F)(F)F)[C@H]1CC[C@H]2[C@@H](O)CCC[C@]12C. The number of alkyl halides is 18. The van der Waals surface area contributed by atoms with E-state index in [4.69, 9.17) is 0 Å². The van der Waals surface area contributed by atoms with Gasteiger partial charge < -0.3 is 34.3 Å². The van der Waals surface area contributed by atoms with Gasteiger partial charge in [-0.2, -0.15) is 79.0 Å². The number of carbonyl (C=O) groups is 1. The number of aliphatic hydroxyl groups excluding tert-OH is 2. The maximum atomic E-state index is 13.5. The predicted molar refractivity (Wildman–Crippen MR) is 289 cm³/mol. The number of allylic oxidation sites excluding steroid dienone is 1. The van der Waals surface area contributed by atoms with Crippen molar-refractivity contribution in [2.75, 3.05) is 34.4 Å². The largest absolute Gasteiger partial charge is 0.426 e. The maximum absolute atomic E-state index is 13.5. The molecule has 0 aromatic rings. The van der Waals surface area contributed by atoms with Crippen LogP contribution in [0.25, 0.3) is 0 Å². The second-order valence-corrected chi connectivity index (χ2v) is 26.6. The summed E-state index contributed by atoms with van der Waals surface area (Å²) in [5, 5.41) is 28.8. The van der Waals surface area contributed by atoms with Crippen LogP contribution < -0.4 is 0 Å². The van der Waals surface area contributed by atoms with Crippen LogP contribution in [-0.2, 0) is 23.7 Å². The summed E-state index contributed by atoms with van der Waals surface area (Å²) in [6.45, 7) is 9.80. The molecule has 26 heteroatoms. The first kappa shape index (κ1) is 79.1. The van der Waals surface area contributed by atoms with Gasteiger partial charge >= 0.3 is 37.1 Å². The molecular weight excluding hydrogens is 1200 g/mol. The molecule has 0 spiro atoms. The van der Waals surface area contributed by atoms with Crippen molar-refractivity contribution in [3.05, 3.63) is 11.6 Å². The van der Waals surface area contributed by atoms with E-state index in [1.807, 2.05) is 26.8 Å². The molecule has 87 heavy (non-hydrogen) atoms. The zero-order chi connectivity index (χ0) is 65.6. The standard InChI is InChI=1S/C22H34F6O3.C20H30F6O3.C18H28F6O2.CH4/c1-15(17-8-9-18-16(10-13-29)7-5-11-19(17,18)2)6-4-12-20(21(23,24)25,22(26,27)28)31-14-30-3;1-13(14-8-9-15-16(27)7-5-10-17(14,15)2)6-4-11-18(19(21,22)23,20(24,25)26)29-12-28-3;1-11(5-3-10-16(26,17(19,20)21)18(22,23)24)12-7-8-13-14(25)6-4-9-15(12,13)2;/h10,15,17-18,29H,4-9,11-14H2,1-3H3;13-15H,4-12H2,1-3H3;11-14,25-26H,3-10H2,1-2H3;1H4/b16-10+;;;/t15-,17-,18+,19-;13-,14-,15+,17-;11-,12-,13+,14+,15-;/m111./s1. The fourth-order valence-electron chi connectivity index (χ4n) is 17.2. The van der Waals surface area contributed by atoms with Gasteiger partial charge in [-0.25, -0.2) is 0 Å². The lowest BCUT2D eigenvalue weighted by atomic mass is 9.60. The van der Waals surface area contributed by atoms with Crippen molar-refractivity contribution >= 4 is 5.78 Å². The number of hydrogen-bond donors (Lipinski definition) is 3. The molecule has 6 fully saturated rings. The second-order valence-electron chi connectivity index (χ2n) is 26.6. The number of halogens is 18. The summed E-state index contributed by atoms with van der Waals surface area (Å²) in [5.74, 6) is 1.10. The van der Waals surface area contributed by atoms with Crippen molar-refractivity contribution < 1.29 is 118 Å². The molecule has 0 bridgehead atoms. The number of fused-ring (bicyclic) bond motifs is 3. The predicted octanol–water partition coefficient (Wildman–Crippen LogP) is 18.3. The lowest BCUT2D eigenvalue weighted by Gasteiger charge is -2.45. The third-order valence-electron chi connectivity index (χ3n) is 21.7. The minimum Gasteiger partial charge on any atom is -0.393 e. The van der Waals surface area contributed by atoms with Gasteiger partial charge in [-0.15, -0.1) is 0 Å². The topological polar surface area (TPSA) is 115 Å². The Morgan fingerprint density at radius 2 is 0.885 bits per heavy atom. The highest BCUT2D eigenvalue weighted by Crippen LogP contribution is 2.62.